The van der Waals surface area contributed by atoms with Gasteiger partial charge in [-0.25, -0.2) is 9.37 Å². The van der Waals surface area contributed by atoms with Gasteiger partial charge in [-0.1, -0.05) is 12.1 Å². The fourth-order valence-corrected chi connectivity index (χ4v) is 4.12. The highest BCUT2D eigenvalue weighted by Crippen LogP contribution is 2.32. The van der Waals surface area contributed by atoms with Crippen molar-refractivity contribution in [3.05, 3.63) is 53.9 Å². The van der Waals surface area contributed by atoms with Crippen LogP contribution in [0.4, 0.5) is 4.39 Å². The van der Waals surface area contributed by atoms with Crippen molar-refractivity contribution in [2.75, 3.05) is 19.6 Å². The number of H-pyrrole nitrogens is 1. The van der Waals surface area contributed by atoms with Crippen molar-refractivity contribution >= 4 is 0 Å². The fourth-order valence-electron chi connectivity index (χ4n) is 4.12. The van der Waals surface area contributed by atoms with Gasteiger partial charge in [-0.3, -0.25) is 15.8 Å². The molecule has 1 aromatic heterocycles. The zero-order valence-corrected chi connectivity index (χ0v) is 13.7. The number of hydrogen-bond acceptors (Lipinski definition) is 4. The molecule has 2 fully saturated rings. The molecule has 3 heterocycles. The lowest BCUT2D eigenvalue weighted by atomic mass is 9.81. The maximum Gasteiger partial charge on any atom is 0.123 e. The number of aromatic amines is 1. The summed E-state index contributed by atoms with van der Waals surface area (Å²) >= 11 is 0. The van der Waals surface area contributed by atoms with Crippen molar-refractivity contribution in [3.8, 4) is 0 Å². The van der Waals surface area contributed by atoms with E-state index < -0.39 is 0 Å². The lowest BCUT2D eigenvalue weighted by Gasteiger charge is -2.37. The molecule has 0 aliphatic carbocycles. The van der Waals surface area contributed by atoms with Gasteiger partial charge in [0.1, 0.15) is 11.6 Å². The predicted octanol–water partition coefficient (Wildman–Crippen LogP) is 2.02. The molecule has 24 heavy (non-hydrogen) atoms. The first kappa shape index (κ1) is 15.7. The summed E-state index contributed by atoms with van der Waals surface area (Å²) in [6, 6.07) is 7.36. The Hall–Kier alpha value is -1.76. The van der Waals surface area contributed by atoms with E-state index in [0.717, 1.165) is 32.0 Å². The van der Waals surface area contributed by atoms with Gasteiger partial charge >= 0.3 is 0 Å². The summed E-state index contributed by atoms with van der Waals surface area (Å²) in [6.45, 7) is 3.96. The molecule has 3 atom stereocenters. The minimum Gasteiger partial charge on any atom is -0.348 e. The highest BCUT2D eigenvalue weighted by atomic mass is 19.1. The number of halogens is 1. The molecule has 6 heteroatoms. The van der Waals surface area contributed by atoms with Crippen LogP contribution in [0.3, 0.4) is 0 Å². The highest BCUT2D eigenvalue weighted by Gasteiger charge is 2.36. The van der Waals surface area contributed by atoms with Gasteiger partial charge < -0.3 is 4.98 Å². The minimum atomic E-state index is -0.170. The van der Waals surface area contributed by atoms with Crippen LogP contribution in [0, 0.1) is 11.7 Å². The van der Waals surface area contributed by atoms with E-state index in [2.05, 4.69) is 25.7 Å². The number of piperidine rings is 1. The van der Waals surface area contributed by atoms with Crippen molar-refractivity contribution in [3.63, 3.8) is 0 Å². The first-order valence-electron chi connectivity index (χ1n) is 8.74. The number of imidazole rings is 1. The van der Waals surface area contributed by atoms with E-state index in [1.807, 2.05) is 24.5 Å². The quantitative estimate of drug-likeness (QED) is 0.803. The maximum atomic E-state index is 13.2. The first-order valence-corrected chi connectivity index (χ1v) is 8.74. The normalized spacial score (nSPS) is 28.3. The first-order chi connectivity index (χ1) is 11.8. The molecule has 2 aliphatic heterocycles. The molecule has 1 aromatic carbocycles. The van der Waals surface area contributed by atoms with Gasteiger partial charge in [-0.15, -0.1) is 0 Å². The zero-order chi connectivity index (χ0) is 16.4. The second-order valence-corrected chi connectivity index (χ2v) is 6.88. The maximum absolute atomic E-state index is 13.2. The third-order valence-corrected chi connectivity index (χ3v) is 5.30. The molecular formula is C18H24FN5. The van der Waals surface area contributed by atoms with E-state index in [9.17, 15) is 4.39 Å². The summed E-state index contributed by atoms with van der Waals surface area (Å²) in [4.78, 5) is 10.0. The molecule has 0 amide bonds. The Morgan fingerprint density at radius 3 is 2.92 bits per heavy atom. The number of nitrogens with zero attached hydrogens (tertiary/aromatic N) is 2. The number of benzene rings is 1. The number of rotatable bonds is 4. The van der Waals surface area contributed by atoms with E-state index in [-0.39, 0.29) is 5.82 Å². The third kappa shape index (κ3) is 3.36. The van der Waals surface area contributed by atoms with Crippen LogP contribution in [0.25, 0.3) is 0 Å². The Bertz CT molecular complexity index is 642. The Morgan fingerprint density at radius 1 is 1.25 bits per heavy atom. The van der Waals surface area contributed by atoms with Gasteiger partial charge in [0.15, 0.2) is 0 Å². The van der Waals surface area contributed by atoms with Crippen LogP contribution < -0.4 is 10.9 Å². The molecular weight excluding hydrogens is 305 g/mol. The van der Waals surface area contributed by atoms with E-state index in [1.54, 1.807) is 12.1 Å². The Labute approximate surface area is 141 Å². The van der Waals surface area contributed by atoms with Crippen molar-refractivity contribution < 1.29 is 4.39 Å². The molecule has 3 unspecified atom stereocenters. The SMILES string of the molecule is Fc1ccc(C2CNNC2C2CCCN(Cc3ncc[nH]3)C2)cc1. The average Bonchev–Trinajstić information content (AvgIpc) is 3.27. The van der Waals surface area contributed by atoms with Gasteiger partial charge in [-0.05, 0) is 43.0 Å². The van der Waals surface area contributed by atoms with Crippen LogP contribution in [-0.2, 0) is 6.54 Å². The summed E-state index contributed by atoms with van der Waals surface area (Å²) in [5.74, 6) is 1.83. The Balaban J connectivity index is 1.44. The van der Waals surface area contributed by atoms with Gasteiger partial charge in [0.2, 0.25) is 0 Å². The molecule has 0 radical (unpaired) electrons. The monoisotopic (exact) mass is 329 g/mol. The van der Waals surface area contributed by atoms with E-state index in [1.165, 1.54) is 18.4 Å². The van der Waals surface area contributed by atoms with Crippen LogP contribution in [0.1, 0.15) is 30.1 Å². The van der Waals surface area contributed by atoms with Gasteiger partial charge in [-0.2, -0.15) is 0 Å². The van der Waals surface area contributed by atoms with Gasteiger partial charge in [0.25, 0.3) is 0 Å². The molecule has 0 saturated carbocycles. The molecule has 5 nitrogen and oxygen atoms in total. The van der Waals surface area contributed by atoms with Crippen LogP contribution in [0.2, 0.25) is 0 Å². The van der Waals surface area contributed by atoms with E-state index in [4.69, 9.17) is 0 Å². The van der Waals surface area contributed by atoms with Crippen molar-refractivity contribution in [1.82, 2.24) is 25.7 Å². The molecule has 0 spiro atoms. The summed E-state index contributed by atoms with van der Waals surface area (Å²) < 4.78 is 13.2. The zero-order valence-electron chi connectivity index (χ0n) is 13.7. The molecule has 128 valence electrons. The second kappa shape index (κ2) is 7.01. The number of nitrogens with one attached hydrogen (secondary N) is 3. The highest BCUT2D eigenvalue weighted by molar-refractivity contribution is 5.24. The molecule has 2 saturated heterocycles. The number of aromatic nitrogens is 2. The average molecular weight is 329 g/mol. The summed E-state index contributed by atoms with van der Waals surface area (Å²) in [5.41, 5.74) is 8.00. The van der Waals surface area contributed by atoms with Crippen LogP contribution in [-0.4, -0.2) is 40.5 Å². The fraction of sp³-hybridized carbons (Fsp3) is 0.500. The molecule has 0 bridgehead atoms. The Morgan fingerprint density at radius 2 is 2.12 bits per heavy atom. The number of hydrazine groups is 1. The van der Waals surface area contributed by atoms with Gasteiger partial charge in [0, 0.05) is 37.4 Å². The van der Waals surface area contributed by atoms with Crippen LogP contribution in [0.15, 0.2) is 36.7 Å². The number of hydrogen-bond donors (Lipinski definition) is 3. The Kier molecular flexibility index (Phi) is 4.60. The summed E-state index contributed by atoms with van der Waals surface area (Å²) in [5, 5.41) is 0. The van der Waals surface area contributed by atoms with Crippen molar-refractivity contribution in [2.24, 2.45) is 5.92 Å². The molecule has 4 rings (SSSR count). The van der Waals surface area contributed by atoms with Gasteiger partial charge in [0.05, 0.1) is 6.54 Å². The summed E-state index contributed by atoms with van der Waals surface area (Å²) in [7, 11) is 0. The van der Waals surface area contributed by atoms with Crippen LogP contribution in [0.5, 0.6) is 0 Å². The van der Waals surface area contributed by atoms with Crippen molar-refractivity contribution in [2.45, 2.75) is 31.3 Å². The third-order valence-electron chi connectivity index (χ3n) is 5.30. The van der Waals surface area contributed by atoms with E-state index in [0.29, 0.717) is 17.9 Å². The lowest BCUT2D eigenvalue weighted by Crippen LogP contribution is -2.46. The number of likely N-dealkylation sites (tertiary alicyclic amines) is 1. The van der Waals surface area contributed by atoms with E-state index >= 15 is 0 Å². The smallest absolute Gasteiger partial charge is 0.123 e. The van der Waals surface area contributed by atoms with Crippen LogP contribution >= 0.6 is 0 Å². The standard InChI is InChI=1S/C18H24FN5/c19-15-5-3-13(4-6-15)16-10-22-23-18(16)14-2-1-9-24(11-14)12-17-20-7-8-21-17/h3-8,14,16,18,22-23H,1-2,9-12H2,(H,20,21). The topological polar surface area (TPSA) is 56.0 Å². The molecule has 2 aliphatic rings. The lowest BCUT2D eigenvalue weighted by molar-refractivity contribution is 0.137. The summed E-state index contributed by atoms with van der Waals surface area (Å²) in [6.07, 6.45) is 6.12. The molecule has 3 N–H and O–H groups in total. The second-order valence-electron chi connectivity index (χ2n) is 6.88. The van der Waals surface area contributed by atoms with Crippen molar-refractivity contribution in [1.29, 1.82) is 0 Å². The molecule has 2 aromatic rings. The predicted molar refractivity (Wildman–Crippen MR) is 90.7 cm³/mol. The minimum absolute atomic E-state index is 0.170. The largest absolute Gasteiger partial charge is 0.348 e.